The largest absolute Gasteiger partial charge is 0.311 e. The molecule has 0 amide bonds. The highest BCUT2D eigenvalue weighted by molar-refractivity contribution is 4.80. The molecule has 0 radical (unpaired) electrons. The topological polar surface area (TPSA) is 15.3 Å². The fourth-order valence-electron chi connectivity index (χ4n) is 2.23. The zero-order chi connectivity index (χ0) is 11.1. The van der Waals surface area contributed by atoms with E-state index in [1.807, 2.05) is 6.08 Å². The molecule has 1 rings (SSSR count). The summed E-state index contributed by atoms with van der Waals surface area (Å²) in [4.78, 5) is 2.42. The van der Waals surface area contributed by atoms with Crippen LogP contribution in [0.25, 0.3) is 0 Å². The van der Waals surface area contributed by atoms with Crippen molar-refractivity contribution < 1.29 is 0 Å². The molecule has 0 bridgehead atoms. The summed E-state index contributed by atoms with van der Waals surface area (Å²) in [6.07, 6.45) is 8.26. The summed E-state index contributed by atoms with van der Waals surface area (Å²) in [6, 6.07) is 1.44. The molecule has 0 spiro atoms. The van der Waals surface area contributed by atoms with Gasteiger partial charge < -0.3 is 10.2 Å². The predicted molar refractivity (Wildman–Crippen MR) is 67.2 cm³/mol. The number of piperidine rings is 1. The van der Waals surface area contributed by atoms with E-state index in [4.69, 9.17) is 0 Å². The smallest absolute Gasteiger partial charge is 0.00939 e. The number of likely N-dealkylation sites (tertiary alicyclic amines) is 1. The Morgan fingerprint density at radius 2 is 2.13 bits per heavy atom. The van der Waals surface area contributed by atoms with Gasteiger partial charge in [0.15, 0.2) is 0 Å². The summed E-state index contributed by atoms with van der Waals surface area (Å²) in [7, 11) is 2.21. The van der Waals surface area contributed by atoms with Crippen molar-refractivity contribution in [2.24, 2.45) is 0 Å². The van der Waals surface area contributed by atoms with Crippen LogP contribution in [0.15, 0.2) is 12.7 Å². The van der Waals surface area contributed by atoms with Gasteiger partial charge in [0, 0.05) is 12.1 Å². The van der Waals surface area contributed by atoms with Crippen LogP contribution >= 0.6 is 0 Å². The lowest BCUT2D eigenvalue weighted by Crippen LogP contribution is -2.45. The number of hydrogen-bond donors (Lipinski definition) is 1. The summed E-state index contributed by atoms with van der Waals surface area (Å²) in [5.74, 6) is 0. The molecule has 1 aliphatic rings. The van der Waals surface area contributed by atoms with Gasteiger partial charge >= 0.3 is 0 Å². The van der Waals surface area contributed by atoms with Crippen molar-refractivity contribution in [1.29, 1.82) is 0 Å². The van der Waals surface area contributed by atoms with Gasteiger partial charge in [-0.05, 0) is 52.2 Å². The van der Waals surface area contributed by atoms with Crippen molar-refractivity contribution in [3.8, 4) is 0 Å². The fourth-order valence-corrected chi connectivity index (χ4v) is 2.23. The minimum atomic E-state index is 0.691. The van der Waals surface area contributed by atoms with Crippen molar-refractivity contribution in [3.63, 3.8) is 0 Å². The Balaban J connectivity index is 2.22. The minimum absolute atomic E-state index is 0.691. The average molecular weight is 210 g/mol. The lowest BCUT2D eigenvalue weighted by Gasteiger charge is -2.32. The van der Waals surface area contributed by atoms with Gasteiger partial charge in [0.2, 0.25) is 0 Å². The minimum Gasteiger partial charge on any atom is -0.311 e. The van der Waals surface area contributed by atoms with E-state index in [-0.39, 0.29) is 0 Å². The van der Waals surface area contributed by atoms with Crippen molar-refractivity contribution in [1.82, 2.24) is 10.2 Å². The van der Waals surface area contributed by atoms with E-state index in [9.17, 15) is 0 Å². The highest BCUT2D eigenvalue weighted by Gasteiger charge is 2.18. The van der Waals surface area contributed by atoms with Gasteiger partial charge in [0.25, 0.3) is 0 Å². The van der Waals surface area contributed by atoms with E-state index in [0.29, 0.717) is 6.04 Å². The van der Waals surface area contributed by atoms with Crippen molar-refractivity contribution >= 4 is 0 Å². The first-order valence-corrected chi connectivity index (χ1v) is 6.31. The second kappa shape index (κ2) is 7.02. The lowest BCUT2D eigenvalue weighted by atomic mass is 10.0. The second-order valence-electron chi connectivity index (χ2n) is 4.72. The van der Waals surface area contributed by atoms with Crippen LogP contribution in [0.1, 0.15) is 39.0 Å². The van der Waals surface area contributed by atoms with Gasteiger partial charge in [-0.3, -0.25) is 0 Å². The molecular formula is C13H26N2. The van der Waals surface area contributed by atoms with Gasteiger partial charge in [-0.1, -0.05) is 13.0 Å². The Morgan fingerprint density at radius 3 is 2.67 bits per heavy atom. The molecule has 1 saturated heterocycles. The van der Waals surface area contributed by atoms with Crippen LogP contribution in [0.2, 0.25) is 0 Å². The highest BCUT2D eigenvalue weighted by Crippen LogP contribution is 2.11. The third-order valence-electron chi connectivity index (χ3n) is 3.40. The van der Waals surface area contributed by atoms with Gasteiger partial charge in [-0.15, -0.1) is 6.58 Å². The van der Waals surface area contributed by atoms with Crippen LogP contribution in [0.4, 0.5) is 0 Å². The Bertz CT molecular complexity index is 171. The van der Waals surface area contributed by atoms with E-state index >= 15 is 0 Å². The zero-order valence-corrected chi connectivity index (χ0v) is 10.3. The summed E-state index contributed by atoms with van der Waals surface area (Å²) in [6.45, 7) is 8.55. The third-order valence-corrected chi connectivity index (χ3v) is 3.40. The second-order valence-corrected chi connectivity index (χ2v) is 4.72. The highest BCUT2D eigenvalue weighted by atomic mass is 15.1. The average Bonchev–Trinajstić information content (AvgIpc) is 2.27. The maximum atomic E-state index is 3.79. The van der Waals surface area contributed by atoms with Crippen molar-refractivity contribution in [2.75, 3.05) is 20.1 Å². The molecular weight excluding hydrogens is 184 g/mol. The molecule has 0 saturated carbocycles. The standard InChI is InChI=1S/C13H26N2/c1-4-6-7-12(5-2)14-13-8-10-15(3)11-9-13/h4,12-14H,1,5-11H2,2-3H3. The van der Waals surface area contributed by atoms with Crippen molar-refractivity contribution in [3.05, 3.63) is 12.7 Å². The molecule has 1 unspecified atom stereocenters. The molecule has 0 aromatic carbocycles. The van der Waals surface area contributed by atoms with Gasteiger partial charge in [-0.2, -0.15) is 0 Å². The Labute approximate surface area is 94.7 Å². The summed E-state index contributed by atoms with van der Waals surface area (Å²) >= 11 is 0. The maximum Gasteiger partial charge on any atom is 0.00939 e. The molecule has 1 fully saturated rings. The van der Waals surface area contributed by atoms with Crippen LogP contribution in [0.3, 0.4) is 0 Å². The van der Waals surface area contributed by atoms with E-state index in [1.54, 1.807) is 0 Å². The molecule has 2 heteroatoms. The first kappa shape index (κ1) is 12.7. The Hall–Kier alpha value is -0.340. The van der Waals surface area contributed by atoms with E-state index in [0.717, 1.165) is 12.5 Å². The molecule has 0 aromatic heterocycles. The molecule has 1 N–H and O–H groups in total. The Morgan fingerprint density at radius 1 is 1.47 bits per heavy atom. The number of hydrogen-bond acceptors (Lipinski definition) is 2. The number of nitrogens with one attached hydrogen (secondary N) is 1. The van der Waals surface area contributed by atoms with Gasteiger partial charge in [-0.25, -0.2) is 0 Å². The molecule has 0 aliphatic carbocycles. The molecule has 1 atom stereocenters. The van der Waals surface area contributed by atoms with E-state index in [1.165, 1.54) is 38.8 Å². The van der Waals surface area contributed by atoms with Crippen LogP contribution in [-0.2, 0) is 0 Å². The van der Waals surface area contributed by atoms with Crippen LogP contribution < -0.4 is 5.32 Å². The molecule has 1 aliphatic heterocycles. The third kappa shape index (κ3) is 4.80. The van der Waals surface area contributed by atoms with Crippen LogP contribution in [0.5, 0.6) is 0 Å². The summed E-state index contributed by atoms with van der Waals surface area (Å²) < 4.78 is 0. The lowest BCUT2D eigenvalue weighted by molar-refractivity contribution is 0.221. The van der Waals surface area contributed by atoms with Crippen molar-refractivity contribution in [2.45, 2.75) is 51.1 Å². The molecule has 88 valence electrons. The molecule has 2 nitrogen and oxygen atoms in total. The summed E-state index contributed by atoms with van der Waals surface area (Å²) in [5.41, 5.74) is 0. The fraction of sp³-hybridized carbons (Fsp3) is 0.846. The zero-order valence-electron chi connectivity index (χ0n) is 10.3. The van der Waals surface area contributed by atoms with Crippen LogP contribution in [-0.4, -0.2) is 37.1 Å². The summed E-state index contributed by atoms with van der Waals surface area (Å²) in [5, 5.41) is 3.79. The normalized spacial score (nSPS) is 21.5. The maximum absolute atomic E-state index is 3.79. The molecule has 0 aromatic rings. The monoisotopic (exact) mass is 210 g/mol. The first-order chi connectivity index (χ1) is 7.26. The molecule has 15 heavy (non-hydrogen) atoms. The predicted octanol–water partition coefficient (Wildman–Crippen LogP) is 2.42. The quantitative estimate of drug-likeness (QED) is 0.677. The first-order valence-electron chi connectivity index (χ1n) is 6.31. The van der Waals surface area contributed by atoms with E-state index < -0.39 is 0 Å². The van der Waals surface area contributed by atoms with Gasteiger partial charge in [0.1, 0.15) is 0 Å². The SMILES string of the molecule is C=CCCC(CC)NC1CCN(C)CC1. The number of nitrogens with zero attached hydrogens (tertiary/aromatic N) is 1. The van der Waals surface area contributed by atoms with E-state index in [2.05, 4.69) is 30.8 Å². The Kier molecular flexibility index (Phi) is 5.96. The van der Waals surface area contributed by atoms with Gasteiger partial charge in [0.05, 0.1) is 0 Å². The number of allylic oxidation sites excluding steroid dienone is 1. The van der Waals surface area contributed by atoms with Crippen LogP contribution in [0, 0.1) is 0 Å². The molecule has 1 heterocycles. The number of rotatable bonds is 6.